The number of aromatic nitrogens is 3. The molecule has 5 heteroatoms. The van der Waals surface area contributed by atoms with Crippen molar-refractivity contribution in [3.05, 3.63) is 23.1 Å². The van der Waals surface area contributed by atoms with Gasteiger partial charge >= 0.3 is 0 Å². The summed E-state index contributed by atoms with van der Waals surface area (Å²) < 4.78 is 2.32. The van der Waals surface area contributed by atoms with Crippen molar-refractivity contribution in [3.63, 3.8) is 0 Å². The van der Waals surface area contributed by atoms with Crippen LogP contribution in [0.1, 0.15) is 44.9 Å². The normalized spacial score (nSPS) is 18.6. The zero-order chi connectivity index (χ0) is 14.2. The van der Waals surface area contributed by atoms with Gasteiger partial charge in [0.1, 0.15) is 11.3 Å². The van der Waals surface area contributed by atoms with Gasteiger partial charge in [-0.2, -0.15) is 0 Å². The summed E-state index contributed by atoms with van der Waals surface area (Å²) in [6.07, 6.45) is 8.69. The molecule has 0 unspecified atom stereocenters. The molecule has 1 aliphatic rings. The Bertz CT molecular complexity index is 615. The molecule has 0 amide bonds. The zero-order valence-corrected chi connectivity index (χ0v) is 13.2. The van der Waals surface area contributed by atoms with Gasteiger partial charge in [0.05, 0.1) is 5.02 Å². The molecule has 1 fully saturated rings. The van der Waals surface area contributed by atoms with E-state index in [2.05, 4.69) is 16.5 Å². The molecule has 0 spiro atoms. The summed E-state index contributed by atoms with van der Waals surface area (Å²) in [6.45, 7) is 2.32. The lowest BCUT2D eigenvalue weighted by molar-refractivity contribution is 0.218. The van der Waals surface area contributed by atoms with E-state index in [0.29, 0.717) is 10.9 Å². The Morgan fingerprint density at radius 1 is 1.30 bits per heavy atom. The minimum Gasteiger partial charge on any atom is -0.307 e. The minimum atomic E-state index is 0.106. The van der Waals surface area contributed by atoms with Crippen LogP contribution in [0, 0.1) is 0 Å². The zero-order valence-electron chi connectivity index (χ0n) is 11.7. The molecule has 108 valence electrons. The third-order valence-electron chi connectivity index (χ3n) is 4.32. The Hall–Kier alpha value is -0.800. The summed E-state index contributed by atoms with van der Waals surface area (Å²) in [4.78, 5) is 9.24. The van der Waals surface area contributed by atoms with Crippen molar-refractivity contribution < 1.29 is 0 Å². The lowest BCUT2D eigenvalue weighted by Crippen LogP contribution is -2.34. The average Bonchev–Trinajstić information content (AvgIpc) is 2.77. The fourth-order valence-electron chi connectivity index (χ4n) is 3.34. The molecule has 3 rings (SSSR count). The fraction of sp³-hybridized carbons (Fsp3) is 0.600. The lowest BCUT2D eigenvalue weighted by Gasteiger charge is -2.36. The van der Waals surface area contributed by atoms with Crippen LogP contribution in [0.4, 0.5) is 0 Å². The highest BCUT2D eigenvalue weighted by atomic mass is 35.5. The molecule has 0 saturated heterocycles. The van der Waals surface area contributed by atoms with Crippen molar-refractivity contribution in [1.82, 2.24) is 14.5 Å². The number of nitrogens with zero attached hydrogens (tertiary/aromatic N) is 3. The first-order chi connectivity index (χ1) is 9.64. The van der Waals surface area contributed by atoms with Gasteiger partial charge < -0.3 is 4.57 Å². The van der Waals surface area contributed by atoms with Crippen molar-refractivity contribution in [3.8, 4) is 0 Å². The number of pyridine rings is 1. The molecular weight excluding hydrogens is 293 g/mol. The molecule has 2 aromatic rings. The number of halogens is 2. The number of alkyl halides is 1. The molecule has 1 aliphatic carbocycles. The first-order valence-corrected chi connectivity index (χ1v) is 8.15. The Labute approximate surface area is 129 Å². The molecular formula is C15H19Cl2N3. The van der Waals surface area contributed by atoms with Crippen LogP contribution in [0.2, 0.25) is 5.02 Å². The Morgan fingerprint density at radius 3 is 2.75 bits per heavy atom. The van der Waals surface area contributed by atoms with Crippen LogP contribution < -0.4 is 0 Å². The molecule has 0 radical (unpaired) electrons. The highest BCUT2D eigenvalue weighted by Gasteiger charge is 2.32. The average molecular weight is 312 g/mol. The topological polar surface area (TPSA) is 30.7 Å². The summed E-state index contributed by atoms with van der Waals surface area (Å²) in [7, 11) is 0. The maximum atomic E-state index is 6.04. The summed E-state index contributed by atoms with van der Waals surface area (Å²) in [5.41, 5.74) is 1.93. The van der Waals surface area contributed by atoms with E-state index in [1.54, 1.807) is 6.20 Å². The summed E-state index contributed by atoms with van der Waals surface area (Å²) in [6, 6.07) is 1.89. The van der Waals surface area contributed by atoms with Crippen LogP contribution in [0.3, 0.4) is 0 Å². The van der Waals surface area contributed by atoms with Crippen LogP contribution in [0.25, 0.3) is 11.2 Å². The van der Waals surface area contributed by atoms with Crippen LogP contribution in [-0.2, 0) is 12.0 Å². The molecule has 0 N–H and O–H groups in total. The monoisotopic (exact) mass is 311 g/mol. The molecule has 1 saturated carbocycles. The van der Waals surface area contributed by atoms with Gasteiger partial charge in [0.2, 0.25) is 0 Å². The fourth-order valence-corrected chi connectivity index (χ4v) is 3.66. The quantitative estimate of drug-likeness (QED) is 0.779. The van der Waals surface area contributed by atoms with Crippen molar-refractivity contribution in [2.75, 3.05) is 5.88 Å². The first kappa shape index (κ1) is 14.2. The van der Waals surface area contributed by atoms with Crippen molar-refractivity contribution in [2.45, 2.75) is 51.0 Å². The third-order valence-corrected chi connectivity index (χ3v) is 4.72. The molecule has 2 heterocycles. The SMILES string of the molecule is CC1(n2c(CCCl)nc3cc(Cl)cnc32)CCCCC1. The molecule has 0 atom stereocenters. The molecule has 0 bridgehead atoms. The van der Waals surface area contributed by atoms with Crippen molar-refractivity contribution >= 4 is 34.4 Å². The van der Waals surface area contributed by atoms with Crippen LogP contribution in [0.15, 0.2) is 12.3 Å². The highest BCUT2D eigenvalue weighted by molar-refractivity contribution is 6.31. The summed E-state index contributed by atoms with van der Waals surface area (Å²) in [5.74, 6) is 1.61. The van der Waals surface area contributed by atoms with E-state index in [1.807, 2.05) is 6.07 Å². The standard InChI is InChI=1S/C15H19Cl2N3/c1-15(6-3-2-4-7-15)20-13(5-8-16)19-12-9-11(17)10-18-14(12)20/h9-10H,2-8H2,1H3. The van der Waals surface area contributed by atoms with E-state index in [4.69, 9.17) is 28.2 Å². The Kier molecular flexibility index (Phi) is 3.91. The van der Waals surface area contributed by atoms with Gasteiger partial charge in [0, 0.05) is 24.0 Å². The lowest BCUT2D eigenvalue weighted by atomic mass is 9.83. The molecule has 20 heavy (non-hydrogen) atoms. The summed E-state index contributed by atoms with van der Waals surface area (Å²) >= 11 is 12.0. The second-order valence-corrected chi connectivity index (χ2v) is 6.67. The predicted octanol–water partition coefficient (Wildman–Crippen LogP) is 4.55. The second-order valence-electron chi connectivity index (χ2n) is 5.86. The van der Waals surface area contributed by atoms with Crippen molar-refractivity contribution in [1.29, 1.82) is 0 Å². The van der Waals surface area contributed by atoms with Crippen LogP contribution in [0.5, 0.6) is 0 Å². The van der Waals surface area contributed by atoms with E-state index in [9.17, 15) is 0 Å². The molecule has 0 aromatic carbocycles. The van der Waals surface area contributed by atoms with Crippen LogP contribution >= 0.6 is 23.2 Å². The van der Waals surface area contributed by atoms with Gasteiger partial charge in [-0.3, -0.25) is 0 Å². The molecule has 0 aliphatic heterocycles. The summed E-state index contributed by atoms with van der Waals surface area (Å²) in [5, 5.41) is 0.633. The van der Waals surface area contributed by atoms with Gasteiger partial charge in [-0.15, -0.1) is 11.6 Å². The van der Waals surface area contributed by atoms with Gasteiger partial charge in [-0.05, 0) is 25.8 Å². The van der Waals surface area contributed by atoms with E-state index >= 15 is 0 Å². The van der Waals surface area contributed by atoms with Crippen LogP contribution in [-0.4, -0.2) is 20.4 Å². The van der Waals surface area contributed by atoms with E-state index in [1.165, 1.54) is 32.1 Å². The highest BCUT2D eigenvalue weighted by Crippen LogP contribution is 2.37. The van der Waals surface area contributed by atoms with Gasteiger partial charge in [-0.25, -0.2) is 9.97 Å². The smallest absolute Gasteiger partial charge is 0.160 e. The van der Waals surface area contributed by atoms with E-state index in [0.717, 1.165) is 23.4 Å². The number of rotatable bonds is 3. The number of aryl methyl sites for hydroxylation is 1. The minimum absolute atomic E-state index is 0.106. The number of fused-ring (bicyclic) bond motifs is 1. The maximum Gasteiger partial charge on any atom is 0.160 e. The third kappa shape index (κ3) is 2.42. The van der Waals surface area contributed by atoms with Gasteiger partial charge in [0.25, 0.3) is 0 Å². The number of imidazole rings is 1. The largest absolute Gasteiger partial charge is 0.307 e. The van der Waals surface area contributed by atoms with Crippen molar-refractivity contribution in [2.24, 2.45) is 0 Å². The Balaban J connectivity index is 2.17. The molecule has 2 aromatic heterocycles. The first-order valence-electron chi connectivity index (χ1n) is 7.23. The second kappa shape index (κ2) is 5.53. The number of hydrogen-bond acceptors (Lipinski definition) is 2. The predicted molar refractivity (Wildman–Crippen MR) is 83.7 cm³/mol. The maximum absolute atomic E-state index is 6.04. The van der Waals surface area contributed by atoms with E-state index < -0.39 is 0 Å². The Morgan fingerprint density at radius 2 is 2.05 bits per heavy atom. The number of hydrogen-bond donors (Lipinski definition) is 0. The van der Waals surface area contributed by atoms with E-state index in [-0.39, 0.29) is 5.54 Å². The molecule has 3 nitrogen and oxygen atoms in total. The van der Waals surface area contributed by atoms with Gasteiger partial charge in [0.15, 0.2) is 5.65 Å². The van der Waals surface area contributed by atoms with Gasteiger partial charge in [-0.1, -0.05) is 30.9 Å².